The van der Waals surface area contributed by atoms with Crippen molar-refractivity contribution in [2.45, 2.75) is 187 Å². The molecule has 1 saturated heterocycles. The van der Waals surface area contributed by atoms with E-state index in [4.69, 9.17) is 27.8 Å². The van der Waals surface area contributed by atoms with Crippen LogP contribution < -0.4 is 5.32 Å². The number of aliphatic hydroxyl groups is 1. The van der Waals surface area contributed by atoms with Crippen LogP contribution in [0.2, 0.25) is 36.3 Å². The number of allylic oxidation sites excluding steroid dienone is 1. The summed E-state index contributed by atoms with van der Waals surface area (Å²) in [5.41, 5.74) is -2.32. The lowest BCUT2D eigenvalue weighted by Crippen LogP contribution is -2.75. The SMILES string of the molecule is C=Cc1cccc(C(=O)O[C@H]2[C@@H]3[C@@H]4CO[C@@H]4C[C@H](O[Si](CC)(CC)CC)[C@@]3(C)C(=O)[C@H](OC(C)=O)C3=C(C)[C@@H](OC(=O)[C@H](O[Si](CC)(CC)CC)[C@H](C=C(C)C)NC(=O)c4cccc(I)c4)C[C@]2(O)C3(C)C)c1. The molecule has 2 aromatic carbocycles. The van der Waals surface area contributed by atoms with Crippen molar-refractivity contribution >= 4 is 74.9 Å². The molecule has 3 fully saturated rings. The van der Waals surface area contributed by atoms with Crippen LogP contribution >= 0.6 is 22.6 Å². The van der Waals surface area contributed by atoms with Crippen LogP contribution in [0.25, 0.3) is 6.08 Å². The zero-order valence-electron chi connectivity index (χ0n) is 45.4. The first-order valence-electron chi connectivity index (χ1n) is 26.4. The van der Waals surface area contributed by atoms with Gasteiger partial charge in [-0.05, 0) is 140 Å². The number of ketones is 1. The van der Waals surface area contributed by atoms with E-state index >= 15 is 9.59 Å². The summed E-state index contributed by atoms with van der Waals surface area (Å²) in [6, 6.07) is 17.4. The molecule has 0 spiro atoms. The highest BCUT2D eigenvalue weighted by molar-refractivity contribution is 14.1. The molecule has 6 rings (SSSR count). The first-order valence-corrected chi connectivity index (χ1v) is 32.5. The van der Waals surface area contributed by atoms with Gasteiger partial charge in [0.05, 0.1) is 35.8 Å². The number of amides is 1. The quantitative estimate of drug-likeness (QED) is 0.0423. The van der Waals surface area contributed by atoms with Crippen LogP contribution in [0, 0.1) is 26.2 Å². The summed E-state index contributed by atoms with van der Waals surface area (Å²) < 4.78 is 41.5. The van der Waals surface area contributed by atoms with Crippen molar-refractivity contribution in [2.75, 3.05) is 6.61 Å². The predicted octanol–water partition coefficient (Wildman–Crippen LogP) is 11.0. The second-order valence-electron chi connectivity index (χ2n) is 21.8. The van der Waals surface area contributed by atoms with Crippen LogP contribution in [-0.4, -0.2) is 106 Å². The molecule has 0 radical (unpaired) electrons. The number of rotatable bonds is 20. The first kappa shape index (κ1) is 58.5. The van der Waals surface area contributed by atoms with Crippen molar-refractivity contribution in [3.8, 4) is 0 Å². The van der Waals surface area contributed by atoms with E-state index in [0.29, 0.717) is 41.3 Å². The van der Waals surface area contributed by atoms with Crippen LogP contribution in [-0.2, 0) is 42.2 Å². The van der Waals surface area contributed by atoms with Crippen LogP contribution in [0.4, 0.5) is 0 Å². The highest BCUT2D eigenvalue weighted by atomic mass is 127. The minimum Gasteiger partial charge on any atom is -0.456 e. The van der Waals surface area contributed by atoms with Gasteiger partial charge >= 0.3 is 17.9 Å². The average Bonchev–Trinajstić information content (AvgIpc) is 3.35. The molecule has 13 nitrogen and oxygen atoms in total. The minimum absolute atomic E-state index is 0.213. The lowest BCUT2D eigenvalue weighted by molar-refractivity contribution is -0.275. The Kier molecular flexibility index (Phi) is 18.6. The Morgan fingerprint density at radius 3 is 2.05 bits per heavy atom. The Morgan fingerprint density at radius 2 is 1.51 bits per heavy atom. The van der Waals surface area contributed by atoms with Crippen molar-refractivity contribution < 1.29 is 56.9 Å². The molecule has 1 heterocycles. The fraction of sp³-hybridized carbons (Fsp3) is 0.596. The molecule has 2 bridgehead atoms. The topological polar surface area (TPSA) is 173 Å². The molecule has 2 aromatic rings. The van der Waals surface area contributed by atoms with E-state index in [2.05, 4.69) is 55.3 Å². The summed E-state index contributed by atoms with van der Waals surface area (Å²) in [4.78, 5) is 74.3. The van der Waals surface area contributed by atoms with Crippen LogP contribution in [0.3, 0.4) is 0 Å². The van der Waals surface area contributed by atoms with Gasteiger partial charge in [-0.1, -0.05) is 97.9 Å². The van der Waals surface area contributed by atoms with Gasteiger partial charge in [-0.2, -0.15) is 0 Å². The highest BCUT2D eigenvalue weighted by Gasteiger charge is 2.73. The molecule has 0 aromatic heterocycles. The summed E-state index contributed by atoms with van der Waals surface area (Å²) in [6.45, 7) is 28.7. The smallest absolute Gasteiger partial charge is 0.338 e. The van der Waals surface area contributed by atoms with E-state index in [-0.39, 0.29) is 24.2 Å². The molecule has 2 N–H and O–H groups in total. The number of hydrogen-bond acceptors (Lipinski definition) is 12. The Balaban J connectivity index is 1.59. The third-order valence-electron chi connectivity index (χ3n) is 17.5. The van der Waals surface area contributed by atoms with E-state index < -0.39 is 117 Å². The molecule has 4 aliphatic rings. The number of hydrogen-bond donors (Lipinski definition) is 2. The van der Waals surface area contributed by atoms with Crippen molar-refractivity contribution in [1.29, 1.82) is 0 Å². The standard InChI is InChI=1S/C57H80INO12Si2/c1-15-37-24-22-26-39(29-37)53(63)69-51-47-41-33-66-43(41)31-45(70-72(16-2,17-3)18-4)56(47,14)50(61)49(67-36(11)60)46-35(10)44(32-57(51,65)55(46,12)13)68-54(64)48(71-73(19-5,20-6)21-7)42(28-34(8)9)59-52(62)38-25-23-27-40(58)30-38/h15,22-30,41-45,47-49,51,65H,1,16-21,31-33H2,2-14H3,(H,59,62)/t41-,42+,43-,44+,45+,47+,48-,49-,51+,56-,57-/m1/s1. The normalized spacial score (nSPS) is 28.4. The monoisotopic (exact) mass is 1150 g/mol. The number of carbonyl (C=O) groups is 5. The molecule has 3 aliphatic carbocycles. The van der Waals surface area contributed by atoms with Gasteiger partial charge in [0.25, 0.3) is 5.91 Å². The molecule has 2 saturated carbocycles. The van der Waals surface area contributed by atoms with E-state index in [1.54, 1.807) is 69.3 Å². The Labute approximate surface area is 449 Å². The summed E-state index contributed by atoms with van der Waals surface area (Å²) in [5, 5.41) is 17.4. The zero-order valence-corrected chi connectivity index (χ0v) is 49.5. The van der Waals surface area contributed by atoms with E-state index in [9.17, 15) is 19.5 Å². The van der Waals surface area contributed by atoms with Gasteiger partial charge in [0.2, 0.25) is 0 Å². The number of carbonyl (C=O) groups excluding carboxylic acids is 5. The molecule has 16 heteroatoms. The number of ether oxygens (including phenoxy) is 4. The van der Waals surface area contributed by atoms with Gasteiger partial charge in [0, 0.05) is 39.7 Å². The summed E-state index contributed by atoms with van der Waals surface area (Å²) in [7, 11) is -5.16. The number of Topliss-reactive ketones (excluding diaryl/α,β-unsaturated/α-hetero) is 1. The Bertz CT molecular complexity index is 2460. The van der Waals surface area contributed by atoms with Crippen molar-refractivity contribution in [1.82, 2.24) is 5.32 Å². The third-order valence-corrected chi connectivity index (χ3v) is 27.4. The summed E-state index contributed by atoms with van der Waals surface area (Å²) in [6.07, 6.45) is -3.25. The van der Waals surface area contributed by atoms with Crippen LogP contribution in [0.1, 0.15) is 129 Å². The summed E-state index contributed by atoms with van der Waals surface area (Å²) >= 11 is 2.15. The van der Waals surface area contributed by atoms with E-state index in [1.807, 2.05) is 53.7 Å². The van der Waals surface area contributed by atoms with Crippen molar-refractivity contribution in [3.63, 3.8) is 0 Å². The van der Waals surface area contributed by atoms with Crippen LogP contribution in [0.5, 0.6) is 0 Å². The van der Waals surface area contributed by atoms with Gasteiger partial charge in [-0.25, -0.2) is 9.59 Å². The Hall–Kier alpha value is -3.79. The van der Waals surface area contributed by atoms with Gasteiger partial charge in [0.1, 0.15) is 17.8 Å². The maximum atomic E-state index is 16.4. The lowest BCUT2D eigenvalue weighted by Gasteiger charge is -2.65. The number of fused-ring (bicyclic) bond motifs is 5. The molecule has 1 amide bonds. The van der Waals surface area contributed by atoms with E-state index in [0.717, 1.165) is 27.3 Å². The number of halogens is 1. The van der Waals surface area contributed by atoms with Gasteiger partial charge in [-0.15, -0.1) is 0 Å². The molecule has 400 valence electrons. The van der Waals surface area contributed by atoms with Gasteiger partial charge in [-0.3, -0.25) is 14.4 Å². The zero-order chi connectivity index (χ0) is 54.0. The molecule has 73 heavy (non-hydrogen) atoms. The fourth-order valence-electron chi connectivity index (χ4n) is 12.4. The molecular formula is C57H80INO12Si2. The number of benzene rings is 2. The van der Waals surface area contributed by atoms with E-state index in [1.165, 1.54) is 6.92 Å². The molecule has 11 atom stereocenters. The molecule has 0 unspecified atom stereocenters. The van der Waals surface area contributed by atoms with Crippen molar-refractivity contribution in [2.24, 2.45) is 22.7 Å². The lowest BCUT2D eigenvalue weighted by atomic mass is 9.46. The van der Waals surface area contributed by atoms with Gasteiger partial charge in [0.15, 0.2) is 34.6 Å². The second-order valence-corrected chi connectivity index (χ2v) is 32.4. The first-order chi connectivity index (χ1) is 34.4. The minimum atomic E-state index is -2.66. The Morgan fingerprint density at radius 1 is 0.890 bits per heavy atom. The van der Waals surface area contributed by atoms with Crippen LogP contribution in [0.15, 0.2) is 77.9 Å². The van der Waals surface area contributed by atoms with Gasteiger partial charge < -0.3 is 38.2 Å². The number of nitrogens with one attached hydrogen (secondary N) is 1. The largest absolute Gasteiger partial charge is 0.456 e. The molecular weight excluding hydrogens is 1070 g/mol. The maximum absolute atomic E-state index is 16.4. The number of esters is 3. The predicted molar refractivity (Wildman–Crippen MR) is 296 cm³/mol. The van der Waals surface area contributed by atoms with Crippen molar-refractivity contribution in [3.05, 3.63) is 98.2 Å². The third kappa shape index (κ3) is 11.2. The molecule has 1 aliphatic heterocycles. The average molecular weight is 1150 g/mol. The maximum Gasteiger partial charge on any atom is 0.338 e. The fourth-order valence-corrected chi connectivity index (χ4v) is 18.7. The second kappa shape index (κ2) is 23.2. The summed E-state index contributed by atoms with van der Waals surface area (Å²) in [5.74, 6) is -4.43. The highest BCUT2D eigenvalue weighted by Crippen LogP contribution is 2.63.